The highest BCUT2D eigenvalue weighted by molar-refractivity contribution is 6.21. The number of hydrogen-bond acceptors (Lipinski definition) is 2. The van der Waals surface area contributed by atoms with Crippen molar-refractivity contribution < 1.29 is 9.47 Å². The van der Waals surface area contributed by atoms with E-state index in [1.807, 2.05) is 12.1 Å². The lowest BCUT2D eigenvalue weighted by Gasteiger charge is -2.18. The fourth-order valence-corrected chi connectivity index (χ4v) is 6.76. The van der Waals surface area contributed by atoms with Crippen LogP contribution < -0.4 is 9.47 Å². The molecule has 0 bridgehead atoms. The largest absolute Gasteiger partial charge is 0.497 e. The summed E-state index contributed by atoms with van der Waals surface area (Å²) in [6.07, 6.45) is 0. The number of aryl methyl sites for hydroxylation is 1. The Morgan fingerprint density at radius 2 is 0.841 bits per heavy atom. The molecule has 3 nitrogen and oxygen atoms in total. The summed E-state index contributed by atoms with van der Waals surface area (Å²) in [6, 6.07) is 48.1. The maximum Gasteiger partial charge on any atom is 0.119 e. The molecule has 8 rings (SSSR count). The third kappa shape index (κ3) is 4.05. The number of nitrogens with zero attached hydrogens (tertiary/aromatic N) is 1. The van der Waals surface area contributed by atoms with Crippen LogP contribution in [0.15, 0.2) is 133 Å². The third-order valence-corrected chi connectivity index (χ3v) is 8.87. The second-order valence-corrected chi connectivity index (χ2v) is 11.4. The molecule has 0 aliphatic carbocycles. The zero-order valence-electron chi connectivity index (χ0n) is 25.0. The molecule has 1 aromatic heterocycles. The Labute approximate surface area is 256 Å². The Morgan fingerprint density at radius 3 is 1.25 bits per heavy atom. The summed E-state index contributed by atoms with van der Waals surface area (Å²) in [5.41, 5.74) is 9.60. The van der Waals surface area contributed by atoms with Gasteiger partial charge in [-0.1, -0.05) is 90.5 Å². The Morgan fingerprint density at radius 1 is 0.432 bits per heavy atom. The van der Waals surface area contributed by atoms with Crippen molar-refractivity contribution in [2.45, 2.75) is 6.92 Å². The summed E-state index contributed by atoms with van der Waals surface area (Å²) < 4.78 is 13.5. The van der Waals surface area contributed by atoms with Gasteiger partial charge < -0.3 is 14.0 Å². The first-order chi connectivity index (χ1) is 21.6. The fraction of sp³-hybridized carbons (Fsp3) is 0.0732. The van der Waals surface area contributed by atoms with E-state index in [1.165, 1.54) is 49.4 Å². The minimum Gasteiger partial charge on any atom is -0.497 e. The van der Waals surface area contributed by atoms with E-state index in [9.17, 15) is 0 Å². The monoisotopic (exact) mass is 569 g/mol. The van der Waals surface area contributed by atoms with E-state index < -0.39 is 0 Å². The molecule has 0 fully saturated rings. The molecule has 0 radical (unpaired) electrons. The summed E-state index contributed by atoms with van der Waals surface area (Å²) in [5.74, 6) is 1.67. The average Bonchev–Trinajstić information content (AvgIpc) is 3.40. The van der Waals surface area contributed by atoms with Crippen LogP contribution in [0, 0.1) is 6.92 Å². The van der Waals surface area contributed by atoms with Gasteiger partial charge in [0.05, 0.1) is 25.3 Å². The molecule has 0 unspecified atom stereocenters. The molecule has 7 aromatic carbocycles. The molecular weight excluding hydrogens is 538 g/mol. The molecule has 0 spiro atoms. The van der Waals surface area contributed by atoms with Gasteiger partial charge >= 0.3 is 0 Å². The Hall–Kier alpha value is -5.54. The number of methoxy groups -OCH3 is 2. The predicted molar refractivity (Wildman–Crippen MR) is 185 cm³/mol. The van der Waals surface area contributed by atoms with E-state index in [0.717, 1.165) is 39.0 Å². The van der Waals surface area contributed by atoms with Gasteiger partial charge in [-0.3, -0.25) is 0 Å². The molecule has 3 heteroatoms. The number of benzene rings is 7. The third-order valence-electron chi connectivity index (χ3n) is 8.87. The van der Waals surface area contributed by atoms with Crippen LogP contribution in [0.1, 0.15) is 5.56 Å². The Bertz CT molecular complexity index is 2230. The lowest BCUT2D eigenvalue weighted by Crippen LogP contribution is -1.95. The number of aromatic nitrogens is 1. The highest BCUT2D eigenvalue weighted by Gasteiger charge is 2.18. The summed E-state index contributed by atoms with van der Waals surface area (Å²) in [5, 5.41) is 7.30. The zero-order chi connectivity index (χ0) is 29.8. The first kappa shape index (κ1) is 26.1. The van der Waals surface area contributed by atoms with E-state index in [0.29, 0.717) is 0 Å². The van der Waals surface area contributed by atoms with Crippen molar-refractivity contribution in [1.29, 1.82) is 0 Å². The predicted octanol–water partition coefficient (Wildman–Crippen LogP) is 10.7. The molecule has 0 amide bonds. The van der Waals surface area contributed by atoms with Crippen LogP contribution in [0.4, 0.5) is 0 Å². The normalized spacial score (nSPS) is 11.5. The molecule has 44 heavy (non-hydrogen) atoms. The van der Waals surface area contributed by atoms with E-state index in [2.05, 4.69) is 133 Å². The van der Waals surface area contributed by atoms with Gasteiger partial charge in [-0.05, 0) is 99.3 Å². The van der Waals surface area contributed by atoms with Gasteiger partial charge in [0, 0.05) is 16.5 Å². The van der Waals surface area contributed by atoms with Gasteiger partial charge in [-0.2, -0.15) is 0 Å². The first-order valence-corrected chi connectivity index (χ1v) is 14.9. The van der Waals surface area contributed by atoms with Crippen LogP contribution in [-0.4, -0.2) is 18.8 Å². The topological polar surface area (TPSA) is 23.4 Å². The molecule has 212 valence electrons. The van der Waals surface area contributed by atoms with E-state index in [-0.39, 0.29) is 0 Å². The summed E-state index contributed by atoms with van der Waals surface area (Å²) in [6.45, 7) is 2.14. The Balaban J connectivity index is 1.35. The van der Waals surface area contributed by atoms with Crippen molar-refractivity contribution in [2.24, 2.45) is 0 Å². The van der Waals surface area contributed by atoms with Crippen molar-refractivity contribution in [3.05, 3.63) is 139 Å². The summed E-state index contributed by atoms with van der Waals surface area (Å²) in [4.78, 5) is 0. The van der Waals surface area contributed by atoms with E-state index >= 15 is 0 Å². The second-order valence-electron chi connectivity index (χ2n) is 11.4. The smallest absolute Gasteiger partial charge is 0.119 e. The average molecular weight is 570 g/mol. The van der Waals surface area contributed by atoms with Gasteiger partial charge in [-0.15, -0.1) is 0 Å². The van der Waals surface area contributed by atoms with Crippen molar-refractivity contribution in [3.63, 3.8) is 0 Å². The van der Waals surface area contributed by atoms with Gasteiger partial charge in [-0.25, -0.2) is 0 Å². The maximum absolute atomic E-state index is 5.58. The lowest BCUT2D eigenvalue weighted by atomic mass is 9.86. The molecule has 0 saturated carbocycles. The SMILES string of the molecule is COc1ccc2c(c1)c1cc(OC)ccc1n2-c1ccc(-c2c3ccccc3c(-c3ccc(C)cc3)c3ccccc23)cc1. The van der Waals surface area contributed by atoms with Crippen LogP contribution >= 0.6 is 0 Å². The maximum atomic E-state index is 5.58. The number of hydrogen-bond donors (Lipinski definition) is 0. The minimum atomic E-state index is 0.836. The molecule has 0 aliphatic rings. The van der Waals surface area contributed by atoms with Gasteiger partial charge in [0.1, 0.15) is 11.5 Å². The molecule has 0 N–H and O–H groups in total. The van der Waals surface area contributed by atoms with Gasteiger partial charge in [0.15, 0.2) is 0 Å². The van der Waals surface area contributed by atoms with Crippen molar-refractivity contribution in [1.82, 2.24) is 4.57 Å². The van der Waals surface area contributed by atoms with Crippen LogP contribution in [-0.2, 0) is 0 Å². The molecule has 0 atom stereocenters. The second kappa shape index (κ2) is 10.3. The highest BCUT2D eigenvalue weighted by Crippen LogP contribution is 2.44. The van der Waals surface area contributed by atoms with E-state index in [1.54, 1.807) is 14.2 Å². The van der Waals surface area contributed by atoms with Crippen LogP contribution in [0.5, 0.6) is 11.5 Å². The van der Waals surface area contributed by atoms with Crippen LogP contribution in [0.3, 0.4) is 0 Å². The lowest BCUT2D eigenvalue weighted by molar-refractivity contribution is 0.415. The van der Waals surface area contributed by atoms with E-state index in [4.69, 9.17) is 9.47 Å². The number of rotatable bonds is 5. The summed E-state index contributed by atoms with van der Waals surface area (Å²) >= 11 is 0. The highest BCUT2D eigenvalue weighted by atomic mass is 16.5. The molecule has 0 aliphatic heterocycles. The van der Waals surface area contributed by atoms with Crippen LogP contribution in [0.2, 0.25) is 0 Å². The van der Waals surface area contributed by atoms with Gasteiger partial charge in [0.25, 0.3) is 0 Å². The standard InChI is InChI=1S/C41H31NO2/c1-26-12-14-27(15-13-26)40-32-8-4-6-10-34(32)41(35-11-7-5-9-33(35)40)28-16-18-29(19-17-28)42-38-22-20-30(43-2)24-36(38)37-25-31(44-3)21-23-39(37)42/h4-25H,1-3H3. The number of fused-ring (bicyclic) bond motifs is 5. The fourth-order valence-electron chi connectivity index (χ4n) is 6.76. The molecular formula is C41H31NO2. The molecule has 8 aromatic rings. The minimum absolute atomic E-state index is 0.836. The quantitative estimate of drug-likeness (QED) is 0.193. The van der Waals surface area contributed by atoms with Crippen molar-refractivity contribution in [3.8, 4) is 39.4 Å². The number of ether oxygens (including phenoxy) is 2. The van der Waals surface area contributed by atoms with Crippen molar-refractivity contribution >= 4 is 43.4 Å². The van der Waals surface area contributed by atoms with Crippen molar-refractivity contribution in [2.75, 3.05) is 14.2 Å². The zero-order valence-corrected chi connectivity index (χ0v) is 25.0. The van der Waals surface area contributed by atoms with Crippen LogP contribution in [0.25, 0.3) is 71.3 Å². The first-order valence-electron chi connectivity index (χ1n) is 14.9. The molecule has 1 heterocycles. The van der Waals surface area contributed by atoms with Gasteiger partial charge in [0.2, 0.25) is 0 Å². The Kier molecular flexibility index (Phi) is 6.13. The molecule has 0 saturated heterocycles. The summed E-state index contributed by atoms with van der Waals surface area (Å²) in [7, 11) is 3.42.